The molecule has 1 aliphatic rings. The number of rotatable bonds is 3. The number of hydrazone groups is 1. The minimum Gasteiger partial charge on any atom is -0.507 e. The molecule has 4 rings (SSSR count). The molecule has 2 N–H and O–H groups in total. The molecule has 0 bridgehead atoms. The minimum atomic E-state index is -0.789. The van der Waals surface area contributed by atoms with Crippen LogP contribution in [0.3, 0.4) is 0 Å². The molecule has 3 aromatic rings. The highest BCUT2D eigenvalue weighted by Gasteiger charge is 2.27. The number of ether oxygens (including phenoxy) is 2. The maximum atomic E-state index is 12.3. The molecule has 130 valence electrons. The van der Waals surface area contributed by atoms with Crippen molar-refractivity contribution in [3.05, 3.63) is 66.2 Å². The number of fused-ring (bicyclic) bond motifs is 2. The van der Waals surface area contributed by atoms with Crippen LogP contribution in [0.2, 0.25) is 0 Å². The molecule has 1 heterocycles. The van der Waals surface area contributed by atoms with Crippen molar-refractivity contribution in [3.63, 3.8) is 0 Å². The summed E-state index contributed by atoms with van der Waals surface area (Å²) in [6, 6.07) is 18.2. The second-order valence-electron chi connectivity index (χ2n) is 5.82. The Hall–Kier alpha value is -3.54. The molecule has 0 fully saturated rings. The molecule has 26 heavy (non-hydrogen) atoms. The lowest BCUT2D eigenvalue weighted by Gasteiger charge is -2.24. The average Bonchev–Trinajstić information content (AvgIpc) is 2.69. The summed E-state index contributed by atoms with van der Waals surface area (Å²) < 4.78 is 11.2. The third kappa shape index (κ3) is 3.04. The van der Waals surface area contributed by atoms with E-state index in [0.29, 0.717) is 17.1 Å². The number of nitrogens with one attached hydrogen (secondary N) is 1. The zero-order valence-electron chi connectivity index (χ0n) is 13.8. The predicted octanol–water partition coefficient (Wildman–Crippen LogP) is 2.84. The smallest absolute Gasteiger partial charge is 0.284 e. The lowest BCUT2D eigenvalue weighted by atomic mass is 10.0. The fourth-order valence-corrected chi connectivity index (χ4v) is 2.80. The van der Waals surface area contributed by atoms with Crippen LogP contribution in [0.5, 0.6) is 17.2 Å². The van der Waals surface area contributed by atoms with Gasteiger partial charge in [-0.05, 0) is 29.0 Å². The van der Waals surface area contributed by atoms with Gasteiger partial charge in [-0.3, -0.25) is 4.79 Å². The number of para-hydroxylation sites is 2. The molecule has 0 saturated heterocycles. The predicted molar refractivity (Wildman–Crippen MR) is 97.7 cm³/mol. The van der Waals surface area contributed by atoms with E-state index < -0.39 is 12.0 Å². The topological polar surface area (TPSA) is 80.2 Å². The summed E-state index contributed by atoms with van der Waals surface area (Å²) in [6.45, 7) is 0.109. The highest BCUT2D eigenvalue weighted by Crippen LogP contribution is 2.31. The average molecular weight is 348 g/mol. The first kappa shape index (κ1) is 16.0. The Labute approximate surface area is 149 Å². The summed E-state index contributed by atoms with van der Waals surface area (Å²) in [6.07, 6.45) is 0.635. The van der Waals surface area contributed by atoms with Crippen molar-refractivity contribution in [2.24, 2.45) is 5.10 Å². The van der Waals surface area contributed by atoms with Gasteiger partial charge in [-0.15, -0.1) is 0 Å². The first-order valence-corrected chi connectivity index (χ1v) is 8.14. The zero-order valence-corrected chi connectivity index (χ0v) is 13.8. The molecule has 0 spiro atoms. The lowest BCUT2D eigenvalue weighted by molar-refractivity contribution is -0.130. The van der Waals surface area contributed by atoms with E-state index in [1.165, 1.54) is 6.21 Å². The maximum Gasteiger partial charge on any atom is 0.284 e. The Kier molecular flexibility index (Phi) is 4.15. The van der Waals surface area contributed by atoms with E-state index in [4.69, 9.17) is 9.47 Å². The number of phenolic OH excluding ortho intramolecular Hbond substituents is 1. The largest absolute Gasteiger partial charge is 0.507 e. The summed E-state index contributed by atoms with van der Waals surface area (Å²) >= 11 is 0. The number of hydrogen-bond acceptors (Lipinski definition) is 5. The number of carbonyl (C=O) groups excluding carboxylic acids is 1. The van der Waals surface area contributed by atoms with Gasteiger partial charge in [0.2, 0.25) is 6.10 Å². The maximum absolute atomic E-state index is 12.3. The highest BCUT2D eigenvalue weighted by molar-refractivity contribution is 6.02. The van der Waals surface area contributed by atoms with Crippen LogP contribution in [-0.4, -0.2) is 29.9 Å². The Morgan fingerprint density at radius 1 is 1.08 bits per heavy atom. The van der Waals surface area contributed by atoms with Crippen molar-refractivity contribution in [1.82, 2.24) is 5.43 Å². The van der Waals surface area contributed by atoms with Crippen molar-refractivity contribution in [2.45, 2.75) is 6.10 Å². The number of aromatic hydroxyl groups is 1. The number of benzene rings is 3. The van der Waals surface area contributed by atoms with Crippen molar-refractivity contribution < 1.29 is 19.4 Å². The van der Waals surface area contributed by atoms with Crippen molar-refractivity contribution >= 4 is 22.9 Å². The number of amides is 1. The second-order valence-corrected chi connectivity index (χ2v) is 5.82. The highest BCUT2D eigenvalue weighted by atomic mass is 16.6. The SMILES string of the molecule is O=C(NN=Cc1c(O)ccc2ccccc12)[C@@H]1COc2ccccc2O1. The lowest BCUT2D eigenvalue weighted by Crippen LogP contribution is -2.42. The van der Waals surface area contributed by atoms with E-state index in [2.05, 4.69) is 10.5 Å². The normalized spacial score (nSPS) is 15.9. The van der Waals surface area contributed by atoms with Crippen LogP contribution in [0.4, 0.5) is 0 Å². The van der Waals surface area contributed by atoms with E-state index in [1.807, 2.05) is 42.5 Å². The molecule has 0 aromatic heterocycles. The third-order valence-electron chi connectivity index (χ3n) is 4.12. The van der Waals surface area contributed by atoms with Gasteiger partial charge in [0.25, 0.3) is 5.91 Å². The molecule has 0 saturated carbocycles. The molecule has 1 amide bonds. The molecule has 0 aliphatic carbocycles. The summed E-state index contributed by atoms with van der Waals surface area (Å²) in [5.74, 6) is 0.804. The molecule has 1 atom stereocenters. The molecular formula is C20H16N2O4. The van der Waals surface area contributed by atoms with Crippen LogP contribution in [0.25, 0.3) is 10.8 Å². The third-order valence-corrected chi connectivity index (χ3v) is 4.12. The number of phenols is 1. The van der Waals surface area contributed by atoms with Gasteiger partial charge in [0.05, 0.1) is 6.21 Å². The standard InChI is InChI=1S/C20H16N2O4/c23-16-10-9-13-5-1-2-6-14(13)15(16)11-21-22-20(24)19-12-25-17-7-3-4-8-18(17)26-19/h1-11,19,23H,12H2,(H,22,24)/t19-/m0/s1. The van der Waals surface area contributed by atoms with Crippen LogP contribution < -0.4 is 14.9 Å². The van der Waals surface area contributed by atoms with Crippen LogP contribution in [0, 0.1) is 0 Å². The number of nitrogens with zero attached hydrogens (tertiary/aromatic N) is 1. The minimum absolute atomic E-state index is 0.0906. The summed E-state index contributed by atoms with van der Waals surface area (Å²) in [4.78, 5) is 12.3. The van der Waals surface area contributed by atoms with E-state index in [-0.39, 0.29) is 12.4 Å². The van der Waals surface area contributed by atoms with E-state index in [0.717, 1.165) is 10.8 Å². The van der Waals surface area contributed by atoms with Gasteiger partial charge in [0, 0.05) is 5.56 Å². The fourth-order valence-electron chi connectivity index (χ4n) is 2.80. The van der Waals surface area contributed by atoms with Crippen LogP contribution >= 0.6 is 0 Å². The number of carbonyl (C=O) groups is 1. The van der Waals surface area contributed by atoms with Crippen LogP contribution in [0.1, 0.15) is 5.56 Å². The fraction of sp³-hybridized carbons (Fsp3) is 0.100. The monoisotopic (exact) mass is 348 g/mol. The molecular weight excluding hydrogens is 332 g/mol. The summed E-state index contributed by atoms with van der Waals surface area (Å²) in [5.41, 5.74) is 2.97. The molecule has 0 unspecified atom stereocenters. The van der Waals surface area contributed by atoms with Gasteiger partial charge in [0.1, 0.15) is 12.4 Å². The van der Waals surface area contributed by atoms with E-state index >= 15 is 0 Å². The van der Waals surface area contributed by atoms with E-state index in [9.17, 15) is 9.90 Å². The van der Waals surface area contributed by atoms with E-state index in [1.54, 1.807) is 18.2 Å². The van der Waals surface area contributed by atoms with Gasteiger partial charge in [0.15, 0.2) is 11.5 Å². The second kappa shape index (κ2) is 6.76. The first-order valence-electron chi connectivity index (χ1n) is 8.14. The zero-order chi connectivity index (χ0) is 17.9. The van der Waals surface area contributed by atoms with Gasteiger partial charge in [-0.1, -0.05) is 42.5 Å². The quantitative estimate of drug-likeness (QED) is 0.563. The summed E-state index contributed by atoms with van der Waals surface area (Å²) in [7, 11) is 0. The Morgan fingerprint density at radius 3 is 2.73 bits per heavy atom. The molecule has 6 heteroatoms. The van der Waals surface area contributed by atoms with Crippen molar-refractivity contribution in [3.8, 4) is 17.2 Å². The molecule has 0 radical (unpaired) electrons. The van der Waals surface area contributed by atoms with Crippen LogP contribution in [0.15, 0.2) is 65.8 Å². The number of hydrogen-bond donors (Lipinski definition) is 2. The first-order chi connectivity index (χ1) is 12.7. The molecule has 3 aromatic carbocycles. The van der Waals surface area contributed by atoms with Gasteiger partial charge in [-0.25, -0.2) is 5.43 Å². The van der Waals surface area contributed by atoms with Gasteiger partial charge < -0.3 is 14.6 Å². The molecule has 1 aliphatic heterocycles. The van der Waals surface area contributed by atoms with Gasteiger partial charge in [-0.2, -0.15) is 5.10 Å². The van der Waals surface area contributed by atoms with Crippen molar-refractivity contribution in [2.75, 3.05) is 6.61 Å². The van der Waals surface area contributed by atoms with Gasteiger partial charge >= 0.3 is 0 Å². The Balaban J connectivity index is 1.48. The Morgan fingerprint density at radius 2 is 1.85 bits per heavy atom. The Bertz CT molecular complexity index is 1000. The molecule has 6 nitrogen and oxygen atoms in total. The van der Waals surface area contributed by atoms with Crippen LogP contribution in [-0.2, 0) is 4.79 Å². The van der Waals surface area contributed by atoms with Crippen molar-refractivity contribution in [1.29, 1.82) is 0 Å². The summed E-state index contributed by atoms with van der Waals surface area (Å²) in [5, 5.41) is 15.9.